The van der Waals surface area contributed by atoms with Gasteiger partial charge in [-0.1, -0.05) is 0 Å². The highest BCUT2D eigenvalue weighted by molar-refractivity contribution is 5.78. The number of hydrogen-bond acceptors (Lipinski definition) is 4. The van der Waals surface area contributed by atoms with Gasteiger partial charge in [-0.3, -0.25) is 9.69 Å². The molecule has 0 radical (unpaired) electrons. The van der Waals surface area contributed by atoms with Crippen molar-refractivity contribution in [3.8, 4) is 0 Å². The molecule has 1 heterocycles. The highest BCUT2D eigenvalue weighted by Crippen LogP contribution is 1.91. The molecule has 5 nitrogen and oxygen atoms in total. The highest BCUT2D eigenvalue weighted by Gasteiger charge is 2.13. The van der Waals surface area contributed by atoms with Gasteiger partial charge in [0, 0.05) is 39.8 Å². The second-order valence-electron chi connectivity index (χ2n) is 3.88. The van der Waals surface area contributed by atoms with Crippen LogP contribution in [0.2, 0.25) is 0 Å². The molecule has 88 valence electrons. The minimum atomic E-state index is 0.0805. The van der Waals surface area contributed by atoms with Crippen LogP contribution in [0, 0.1) is 0 Å². The van der Waals surface area contributed by atoms with Crippen molar-refractivity contribution in [2.24, 2.45) is 0 Å². The zero-order valence-corrected chi connectivity index (χ0v) is 9.58. The maximum atomic E-state index is 11.5. The molecule has 2 N–H and O–H groups in total. The van der Waals surface area contributed by atoms with Crippen LogP contribution in [0.5, 0.6) is 0 Å². The summed E-state index contributed by atoms with van der Waals surface area (Å²) in [5.41, 5.74) is 0. The number of carbonyl (C=O) groups excluding carboxylic acids is 1. The normalized spacial score (nSPS) is 19.9. The first-order chi connectivity index (χ1) is 7.22. The van der Waals surface area contributed by atoms with Crippen molar-refractivity contribution in [2.75, 3.05) is 46.4 Å². The molecular weight excluding hydrogens is 194 g/mol. The highest BCUT2D eigenvalue weighted by atomic mass is 16.5. The minimum Gasteiger partial charge on any atom is -0.380 e. The lowest BCUT2D eigenvalue weighted by Gasteiger charge is -2.26. The van der Waals surface area contributed by atoms with Gasteiger partial charge in [-0.15, -0.1) is 0 Å². The smallest absolute Gasteiger partial charge is 0.234 e. The Hall–Kier alpha value is -0.650. The Labute approximate surface area is 91.2 Å². The molecule has 1 atom stereocenters. The second kappa shape index (κ2) is 6.76. The van der Waals surface area contributed by atoms with Crippen LogP contribution in [-0.4, -0.2) is 63.3 Å². The van der Waals surface area contributed by atoms with Gasteiger partial charge in [-0.2, -0.15) is 0 Å². The first-order valence-corrected chi connectivity index (χ1v) is 5.45. The summed E-state index contributed by atoms with van der Waals surface area (Å²) >= 11 is 0. The summed E-state index contributed by atoms with van der Waals surface area (Å²) in [6.45, 7) is 6.87. The van der Waals surface area contributed by atoms with Crippen molar-refractivity contribution in [1.29, 1.82) is 0 Å². The number of nitrogens with one attached hydrogen (secondary N) is 2. The molecule has 15 heavy (non-hydrogen) atoms. The second-order valence-corrected chi connectivity index (χ2v) is 3.88. The first-order valence-electron chi connectivity index (χ1n) is 5.45. The summed E-state index contributed by atoms with van der Waals surface area (Å²) in [4.78, 5) is 13.7. The largest absolute Gasteiger partial charge is 0.380 e. The molecule has 1 unspecified atom stereocenters. The summed E-state index contributed by atoms with van der Waals surface area (Å²) in [5, 5.41) is 6.11. The van der Waals surface area contributed by atoms with Gasteiger partial charge in [-0.05, 0) is 6.92 Å². The van der Waals surface area contributed by atoms with Gasteiger partial charge in [0.1, 0.15) is 0 Å². The van der Waals surface area contributed by atoms with E-state index in [1.165, 1.54) is 0 Å². The molecule has 1 fully saturated rings. The summed E-state index contributed by atoms with van der Waals surface area (Å²) < 4.78 is 5.05. The van der Waals surface area contributed by atoms with E-state index in [1.54, 1.807) is 7.11 Å². The Bertz CT molecular complexity index is 193. The monoisotopic (exact) mass is 215 g/mol. The maximum Gasteiger partial charge on any atom is 0.234 e. The standard InChI is InChI=1S/C10H21N3O2/c1-9(15-2)7-12-10(14)8-13-5-3-11-4-6-13/h9,11H,3-8H2,1-2H3,(H,12,14). The minimum absolute atomic E-state index is 0.0805. The Balaban J connectivity index is 2.11. The Morgan fingerprint density at radius 2 is 2.20 bits per heavy atom. The van der Waals surface area contributed by atoms with E-state index in [-0.39, 0.29) is 12.0 Å². The molecule has 0 aromatic carbocycles. The number of methoxy groups -OCH3 is 1. The molecule has 1 amide bonds. The number of nitrogens with zero attached hydrogens (tertiary/aromatic N) is 1. The number of piperazine rings is 1. The molecule has 1 rings (SSSR count). The van der Waals surface area contributed by atoms with Crippen molar-refractivity contribution in [3.63, 3.8) is 0 Å². The quantitative estimate of drug-likeness (QED) is 0.620. The third kappa shape index (κ3) is 5.11. The number of amides is 1. The van der Waals surface area contributed by atoms with Crippen LogP contribution in [0.15, 0.2) is 0 Å². The van der Waals surface area contributed by atoms with E-state index in [0.717, 1.165) is 26.2 Å². The van der Waals surface area contributed by atoms with Gasteiger partial charge in [0.2, 0.25) is 5.91 Å². The van der Waals surface area contributed by atoms with E-state index in [0.29, 0.717) is 13.1 Å². The number of ether oxygens (including phenoxy) is 1. The summed E-state index contributed by atoms with van der Waals surface area (Å²) in [6, 6.07) is 0. The van der Waals surface area contributed by atoms with E-state index in [1.807, 2.05) is 6.92 Å². The maximum absolute atomic E-state index is 11.5. The third-order valence-electron chi connectivity index (χ3n) is 2.57. The fourth-order valence-electron chi connectivity index (χ4n) is 1.47. The Morgan fingerprint density at radius 1 is 1.53 bits per heavy atom. The van der Waals surface area contributed by atoms with Crippen molar-refractivity contribution >= 4 is 5.91 Å². The Kier molecular flexibility index (Phi) is 5.60. The van der Waals surface area contributed by atoms with Crippen LogP contribution < -0.4 is 10.6 Å². The van der Waals surface area contributed by atoms with E-state index in [2.05, 4.69) is 15.5 Å². The van der Waals surface area contributed by atoms with E-state index in [9.17, 15) is 4.79 Å². The number of carbonyl (C=O) groups is 1. The van der Waals surface area contributed by atoms with Crippen molar-refractivity contribution < 1.29 is 9.53 Å². The van der Waals surface area contributed by atoms with Crippen LogP contribution in [0.25, 0.3) is 0 Å². The summed E-state index contributed by atoms with van der Waals surface area (Å²) in [6.07, 6.45) is 0.0805. The van der Waals surface area contributed by atoms with Gasteiger partial charge in [0.15, 0.2) is 0 Å². The number of hydrogen-bond donors (Lipinski definition) is 2. The van der Waals surface area contributed by atoms with Gasteiger partial charge in [0.05, 0.1) is 12.6 Å². The zero-order valence-electron chi connectivity index (χ0n) is 9.58. The molecular formula is C10H21N3O2. The molecule has 0 aromatic rings. The predicted octanol–water partition coefficient (Wildman–Crippen LogP) is -0.957. The van der Waals surface area contributed by atoms with Crippen LogP contribution in [0.3, 0.4) is 0 Å². The van der Waals surface area contributed by atoms with Crippen LogP contribution in [-0.2, 0) is 9.53 Å². The van der Waals surface area contributed by atoms with Crippen LogP contribution >= 0.6 is 0 Å². The lowest BCUT2D eigenvalue weighted by Crippen LogP contribution is -2.48. The zero-order chi connectivity index (χ0) is 11.1. The van der Waals surface area contributed by atoms with Gasteiger partial charge in [0.25, 0.3) is 0 Å². The van der Waals surface area contributed by atoms with Crippen molar-refractivity contribution in [2.45, 2.75) is 13.0 Å². The average molecular weight is 215 g/mol. The lowest BCUT2D eigenvalue weighted by atomic mass is 10.3. The molecule has 0 aromatic heterocycles. The lowest BCUT2D eigenvalue weighted by molar-refractivity contribution is -0.122. The fourth-order valence-corrected chi connectivity index (χ4v) is 1.47. The molecule has 1 aliphatic heterocycles. The molecule has 1 saturated heterocycles. The van der Waals surface area contributed by atoms with Gasteiger partial charge >= 0.3 is 0 Å². The SMILES string of the molecule is COC(C)CNC(=O)CN1CCNCC1. The molecule has 1 aliphatic rings. The molecule has 0 spiro atoms. The Morgan fingerprint density at radius 3 is 2.80 bits per heavy atom. The van der Waals surface area contributed by atoms with Crippen molar-refractivity contribution in [3.05, 3.63) is 0 Å². The molecule has 0 saturated carbocycles. The van der Waals surface area contributed by atoms with Gasteiger partial charge < -0.3 is 15.4 Å². The van der Waals surface area contributed by atoms with E-state index < -0.39 is 0 Å². The van der Waals surface area contributed by atoms with Crippen molar-refractivity contribution in [1.82, 2.24) is 15.5 Å². The topological polar surface area (TPSA) is 53.6 Å². The van der Waals surface area contributed by atoms with E-state index in [4.69, 9.17) is 4.74 Å². The van der Waals surface area contributed by atoms with Crippen LogP contribution in [0.4, 0.5) is 0 Å². The van der Waals surface area contributed by atoms with Gasteiger partial charge in [-0.25, -0.2) is 0 Å². The summed E-state index contributed by atoms with van der Waals surface area (Å²) in [7, 11) is 1.65. The molecule has 0 bridgehead atoms. The number of rotatable bonds is 5. The van der Waals surface area contributed by atoms with Crippen LogP contribution in [0.1, 0.15) is 6.92 Å². The first kappa shape index (κ1) is 12.4. The predicted molar refractivity (Wildman–Crippen MR) is 58.8 cm³/mol. The average Bonchev–Trinajstić information content (AvgIpc) is 2.27. The summed E-state index contributed by atoms with van der Waals surface area (Å²) in [5.74, 6) is 0.0841. The van der Waals surface area contributed by atoms with E-state index >= 15 is 0 Å². The fraction of sp³-hybridized carbons (Fsp3) is 0.900. The molecule has 0 aliphatic carbocycles. The third-order valence-corrected chi connectivity index (χ3v) is 2.57. The molecule has 5 heteroatoms.